The first-order chi connectivity index (χ1) is 8.92. The van der Waals surface area contributed by atoms with Gasteiger partial charge < -0.3 is 10.6 Å². The summed E-state index contributed by atoms with van der Waals surface area (Å²) in [6.45, 7) is 3.38. The molecule has 1 saturated heterocycles. The highest BCUT2D eigenvalue weighted by Crippen LogP contribution is 2.20. The van der Waals surface area contributed by atoms with Crippen LogP contribution in [0.25, 0.3) is 0 Å². The van der Waals surface area contributed by atoms with E-state index in [1.807, 2.05) is 0 Å². The second kappa shape index (κ2) is 5.65. The van der Waals surface area contributed by atoms with Crippen molar-refractivity contribution in [1.29, 1.82) is 0 Å². The van der Waals surface area contributed by atoms with Crippen molar-refractivity contribution in [3.05, 3.63) is 17.3 Å². The van der Waals surface area contributed by atoms with Crippen molar-refractivity contribution >= 4 is 5.82 Å². The molecule has 3 rings (SSSR count). The average Bonchev–Trinajstić information content (AvgIpc) is 2.92. The van der Waals surface area contributed by atoms with Crippen LogP contribution in [0.1, 0.15) is 36.9 Å². The lowest BCUT2D eigenvalue weighted by atomic mass is 9.97. The Hall–Kier alpha value is -1.16. The van der Waals surface area contributed by atoms with Gasteiger partial charge in [-0.2, -0.15) is 5.10 Å². The minimum atomic E-state index is 0.836. The quantitative estimate of drug-likeness (QED) is 0.850. The largest absolute Gasteiger partial charge is 0.369 e. The fourth-order valence-corrected chi connectivity index (χ4v) is 2.94. The summed E-state index contributed by atoms with van der Waals surface area (Å²) >= 11 is 0. The number of hydrogen-bond acceptors (Lipinski definition) is 4. The van der Waals surface area contributed by atoms with Crippen LogP contribution in [0.3, 0.4) is 0 Å². The molecule has 4 nitrogen and oxygen atoms in total. The predicted molar refractivity (Wildman–Crippen MR) is 72.8 cm³/mol. The number of aromatic nitrogens is 2. The summed E-state index contributed by atoms with van der Waals surface area (Å²) in [5.74, 6) is 1.80. The van der Waals surface area contributed by atoms with Crippen molar-refractivity contribution in [3.8, 4) is 0 Å². The maximum atomic E-state index is 4.34. The van der Waals surface area contributed by atoms with E-state index in [0.717, 1.165) is 24.7 Å². The lowest BCUT2D eigenvalue weighted by molar-refractivity contribution is 0.548. The molecule has 0 spiro atoms. The van der Waals surface area contributed by atoms with E-state index in [4.69, 9.17) is 0 Å². The van der Waals surface area contributed by atoms with E-state index in [2.05, 4.69) is 26.9 Å². The Morgan fingerprint density at radius 3 is 3.11 bits per heavy atom. The molecule has 98 valence electrons. The third-order valence-electron chi connectivity index (χ3n) is 4.09. The highest BCUT2D eigenvalue weighted by Gasteiger charge is 2.14. The zero-order chi connectivity index (χ0) is 12.2. The van der Waals surface area contributed by atoms with Crippen molar-refractivity contribution in [2.24, 2.45) is 5.92 Å². The lowest BCUT2D eigenvalue weighted by Crippen LogP contribution is -2.14. The number of aryl methyl sites for hydroxylation is 2. The van der Waals surface area contributed by atoms with Crippen LogP contribution in [0.15, 0.2) is 6.07 Å². The Kier molecular flexibility index (Phi) is 3.74. The Labute approximate surface area is 109 Å². The van der Waals surface area contributed by atoms with Crippen LogP contribution < -0.4 is 10.6 Å². The molecular weight excluding hydrogens is 224 g/mol. The standard InChI is InChI=1S/C14H22N4/c1-2-4-13-12(3-1)9-14(18-17-13)16-8-6-11-5-7-15-10-11/h9,11,15H,1-8,10H2,(H,16,18). The van der Waals surface area contributed by atoms with E-state index in [0.29, 0.717) is 0 Å². The van der Waals surface area contributed by atoms with Gasteiger partial charge in [0, 0.05) is 6.54 Å². The van der Waals surface area contributed by atoms with Gasteiger partial charge in [0.2, 0.25) is 0 Å². The number of hydrogen-bond donors (Lipinski definition) is 2. The maximum Gasteiger partial charge on any atom is 0.148 e. The Morgan fingerprint density at radius 2 is 2.22 bits per heavy atom. The van der Waals surface area contributed by atoms with Crippen LogP contribution in [0.4, 0.5) is 5.82 Å². The summed E-state index contributed by atoms with van der Waals surface area (Å²) in [5.41, 5.74) is 2.62. The first kappa shape index (κ1) is 11.9. The first-order valence-corrected chi connectivity index (χ1v) is 7.22. The van der Waals surface area contributed by atoms with Crippen molar-refractivity contribution in [1.82, 2.24) is 15.5 Å². The molecule has 1 fully saturated rings. The summed E-state index contributed by atoms with van der Waals surface area (Å²) in [6.07, 6.45) is 7.39. The molecule has 1 aliphatic heterocycles. The van der Waals surface area contributed by atoms with Gasteiger partial charge in [-0.15, -0.1) is 5.10 Å². The molecule has 0 amide bonds. The van der Waals surface area contributed by atoms with Crippen LogP contribution in [-0.4, -0.2) is 29.8 Å². The highest BCUT2D eigenvalue weighted by molar-refractivity contribution is 5.38. The van der Waals surface area contributed by atoms with Crippen molar-refractivity contribution < 1.29 is 0 Å². The van der Waals surface area contributed by atoms with Gasteiger partial charge >= 0.3 is 0 Å². The van der Waals surface area contributed by atoms with Crippen LogP contribution in [0.5, 0.6) is 0 Å². The first-order valence-electron chi connectivity index (χ1n) is 7.22. The lowest BCUT2D eigenvalue weighted by Gasteiger charge is -2.15. The van der Waals surface area contributed by atoms with Crippen LogP contribution in [-0.2, 0) is 12.8 Å². The second-order valence-electron chi connectivity index (χ2n) is 5.48. The zero-order valence-corrected chi connectivity index (χ0v) is 10.9. The molecule has 18 heavy (non-hydrogen) atoms. The SMILES string of the molecule is c1c(NCCC2CCNC2)nnc2c1CCCC2. The Morgan fingerprint density at radius 1 is 1.28 bits per heavy atom. The van der Waals surface area contributed by atoms with Gasteiger partial charge in [-0.25, -0.2) is 0 Å². The summed E-state index contributed by atoms with van der Waals surface area (Å²) in [6, 6.07) is 2.20. The van der Waals surface area contributed by atoms with Crippen LogP contribution in [0, 0.1) is 5.92 Å². The van der Waals surface area contributed by atoms with Gasteiger partial charge in [-0.1, -0.05) is 0 Å². The summed E-state index contributed by atoms with van der Waals surface area (Å²) in [7, 11) is 0. The Balaban J connectivity index is 1.52. The van der Waals surface area contributed by atoms with Crippen LogP contribution >= 0.6 is 0 Å². The van der Waals surface area contributed by atoms with Gasteiger partial charge in [0.1, 0.15) is 5.82 Å². The van der Waals surface area contributed by atoms with Gasteiger partial charge in [-0.05, 0) is 69.2 Å². The van der Waals surface area contributed by atoms with Gasteiger partial charge in [-0.3, -0.25) is 0 Å². The van der Waals surface area contributed by atoms with E-state index in [-0.39, 0.29) is 0 Å². The number of anilines is 1. The van der Waals surface area contributed by atoms with Crippen LogP contribution in [0.2, 0.25) is 0 Å². The molecular formula is C14H22N4. The molecule has 1 aromatic heterocycles. The molecule has 2 N–H and O–H groups in total. The van der Waals surface area contributed by atoms with Gasteiger partial charge in [0.25, 0.3) is 0 Å². The second-order valence-corrected chi connectivity index (χ2v) is 5.48. The normalized spacial score (nSPS) is 22.8. The zero-order valence-electron chi connectivity index (χ0n) is 10.9. The van der Waals surface area contributed by atoms with E-state index < -0.39 is 0 Å². The molecule has 0 radical (unpaired) electrons. The highest BCUT2D eigenvalue weighted by atomic mass is 15.2. The molecule has 0 saturated carbocycles. The number of nitrogens with one attached hydrogen (secondary N) is 2. The molecule has 1 unspecified atom stereocenters. The third kappa shape index (κ3) is 2.80. The molecule has 2 heterocycles. The molecule has 2 aliphatic rings. The van der Waals surface area contributed by atoms with Crippen molar-refractivity contribution in [2.45, 2.75) is 38.5 Å². The maximum absolute atomic E-state index is 4.34. The van der Waals surface area contributed by atoms with Crippen molar-refractivity contribution in [3.63, 3.8) is 0 Å². The van der Waals surface area contributed by atoms with E-state index >= 15 is 0 Å². The van der Waals surface area contributed by atoms with E-state index in [1.54, 1.807) is 0 Å². The summed E-state index contributed by atoms with van der Waals surface area (Å²) in [4.78, 5) is 0. The Bertz CT molecular complexity index is 399. The fourth-order valence-electron chi connectivity index (χ4n) is 2.94. The molecule has 4 heteroatoms. The van der Waals surface area contributed by atoms with Gasteiger partial charge in [0.05, 0.1) is 5.69 Å². The summed E-state index contributed by atoms with van der Waals surface area (Å²) in [5, 5.41) is 15.5. The van der Waals surface area contributed by atoms with Gasteiger partial charge in [0.15, 0.2) is 0 Å². The minimum absolute atomic E-state index is 0.836. The topological polar surface area (TPSA) is 49.8 Å². The molecule has 0 aromatic carbocycles. The average molecular weight is 246 g/mol. The molecule has 1 atom stereocenters. The smallest absolute Gasteiger partial charge is 0.148 e. The van der Waals surface area contributed by atoms with Crippen molar-refractivity contribution in [2.75, 3.05) is 25.0 Å². The minimum Gasteiger partial charge on any atom is -0.369 e. The molecule has 1 aliphatic carbocycles. The fraction of sp³-hybridized carbons (Fsp3) is 0.714. The monoisotopic (exact) mass is 246 g/mol. The third-order valence-corrected chi connectivity index (χ3v) is 4.09. The van der Waals surface area contributed by atoms with E-state index in [1.165, 1.54) is 56.5 Å². The number of rotatable bonds is 4. The number of fused-ring (bicyclic) bond motifs is 1. The predicted octanol–water partition coefficient (Wildman–Crippen LogP) is 1.77. The molecule has 0 bridgehead atoms. The summed E-state index contributed by atoms with van der Waals surface area (Å²) < 4.78 is 0. The van der Waals surface area contributed by atoms with E-state index in [9.17, 15) is 0 Å². The number of nitrogens with zero attached hydrogens (tertiary/aromatic N) is 2. The molecule has 1 aromatic rings.